The van der Waals surface area contributed by atoms with E-state index in [4.69, 9.17) is 4.98 Å². The van der Waals surface area contributed by atoms with Crippen molar-refractivity contribution in [3.63, 3.8) is 0 Å². The van der Waals surface area contributed by atoms with Gasteiger partial charge in [0.05, 0.1) is 23.8 Å². The Morgan fingerprint density at radius 2 is 1.69 bits per heavy atom. The van der Waals surface area contributed by atoms with Crippen molar-refractivity contribution < 1.29 is 0 Å². The van der Waals surface area contributed by atoms with Gasteiger partial charge in [0.25, 0.3) is 0 Å². The second kappa shape index (κ2) is 6.96. The Hall–Kier alpha value is -3.21. The highest BCUT2D eigenvalue weighted by Crippen LogP contribution is 2.35. The Balaban J connectivity index is 1.93. The van der Waals surface area contributed by atoms with E-state index in [2.05, 4.69) is 51.6 Å². The second-order valence-corrected chi connectivity index (χ2v) is 6.60. The lowest BCUT2D eigenvalue weighted by Crippen LogP contribution is -2.18. The number of hydrogen-bond donors (Lipinski definition) is 1. The highest BCUT2D eigenvalue weighted by atomic mass is 15.1. The molecule has 0 saturated heterocycles. The molecule has 4 rings (SSSR count). The van der Waals surface area contributed by atoms with Crippen LogP contribution in [0.4, 0.5) is 0 Å². The average Bonchev–Trinajstić information content (AvgIpc) is 3.33. The molecule has 0 saturated carbocycles. The quantitative estimate of drug-likeness (QED) is 0.577. The minimum absolute atomic E-state index is 0.0706. The van der Waals surface area contributed by atoms with E-state index in [1.54, 1.807) is 6.20 Å². The Labute approximate surface area is 152 Å². The number of nitrogens with zero attached hydrogens (tertiary/aromatic N) is 4. The summed E-state index contributed by atoms with van der Waals surface area (Å²) in [7, 11) is 0. The van der Waals surface area contributed by atoms with E-state index < -0.39 is 0 Å². The van der Waals surface area contributed by atoms with E-state index in [0.717, 1.165) is 28.5 Å². The molecular weight excluding hydrogens is 322 g/mol. The van der Waals surface area contributed by atoms with Gasteiger partial charge in [0, 0.05) is 24.2 Å². The maximum atomic E-state index is 4.75. The molecule has 130 valence electrons. The molecule has 4 aromatic rings. The summed E-state index contributed by atoms with van der Waals surface area (Å²) in [5.41, 5.74) is 3.99. The van der Waals surface area contributed by atoms with Gasteiger partial charge in [-0.3, -0.25) is 4.98 Å². The van der Waals surface area contributed by atoms with Crippen molar-refractivity contribution >= 4 is 0 Å². The molecule has 3 aromatic heterocycles. The molecule has 5 heteroatoms. The van der Waals surface area contributed by atoms with Crippen LogP contribution in [0, 0.1) is 5.92 Å². The zero-order chi connectivity index (χ0) is 17.9. The first-order valence-corrected chi connectivity index (χ1v) is 8.78. The molecule has 1 atom stereocenters. The Kier molecular flexibility index (Phi) is 4.35. The lowest BCUT2D eigenvalue weighted by Gasteiger charge is -2.24. The summed E-state index contributed by atoms with van der Waals surface area (Å²) in [5, 5.41) is 0. The minimum atomic E-state index is 0.0706. The number of imidazole rings is 2. The van der Waals surface area contributed by atoms with Crippen LogP contribution in [0.5, 0.6) is 0 Å². The maximum absolute atomic E-state index is 4.75. The fourth-order valence-corrected chi connectivity index (χ4v) is 3.36. The third-order valence-corrected chi connectivity index (χ3v) is 4.49. The van der Waals surface area contributed by atoms with Crippen molar-refractivity contribution in [2.75, 3.05) is 0 Å². The van der Waals surface area contributed by atoms with Gasteiger partial charge < -0.3 is 9.55 Å². The number of aromatic amines is 1. The van der Waals surface area contributed by atoms with E-state index in [1.165, 1.54) is 0 Å². The number of rotatable bonds is 5. The number of H-pyrrole nitrogens is 1. The van der Waals surface area contributed by atoms with Crippen LogP contribution in [0.2, 0.25) is 0 Å². The topological polar surface area (TPSA) is 59.4 Å². The van der Waals surface area contributed by atoms with Crippen molar-refractivity contribution in [3.05, 3.63) is 79.1 Å². The van der Waals surface area contributed by atoms with Crippen LogP contribution in [-0.4, -0.2) is 24.5 Å². The van der Waals surface area contributed by atoms with Gasteiger partial charge in [-0.1, -0.05) is 50.2 Å². The fourth-order valence-electron chi connectivity index (χ4n) is 3.36. The van der Waals surface area contributed by atoms with Gasteiger partial charge >= 0.3 is 0 Å². The van der Waals surface area contributed by atoms with Crippen molar-refractivity contribution in [2.45, 2.75) is 19.9 Å². The Morgan fingerprint density at radius 1 is 0.885 bits per heavy atom. The predicted molar refractivity (Wildman–Crippen MR) is 102 cm³/mol. The monoisotopic (exact) mass is 343 g/mol. The third-order valence-electron chi connectivity index (χ3n) is 4.49. The van der Waals surface area contributed by atoms with Gasteiger partial charge in [-0.15, -0.1) is 0 Å². The Morgan fingerprint density at radius 3 is 2.35 bits per heavy atom. The Bertz CT molecular complexity index is 956. The molecule has 0 bridgehead atoms. The van der Waals surface area contributed by atoms with E-state index in [9.17, 15) is 0 Å². The maximum Gasteiger partial charge on any atom is 0.156 e. The number of nitrogens with one attached hydrogen (secondary N) is 1. The fraction of sp³-hybridized carbons (Fsp3) is 0.190. The minimum Gasteiger partial charge on any atom is -0.343 e. The van der Waals surface area contributed by atoms with Gasteiger partial charge in [-0.25, -0.2) is 9.97 Å². The molecule has 0 fully saturated rings. The van der Waals surface area contributed by atoms with Crippen LogP contribution < -0.4 is 0 Å². The molecule has 3 heterocycles. The lowest BCUT2D eigenvalue weighted by molar-refractivity contribution is 0.430. The summed E-state index contributed by atoms with van der Waals surface area (Å²) in [4.78, 5) is 17.1. The van der Waals surface area contributed by atoms with Crippen LogP contribution in [-0.2, 0) is 0 Å². The summed E-state index contributed by atoms with van der Waals surface area (Å²) < 4.78 is 2.19. The van der Waals surface area contributed by atoms with Crippen molar-refractivity contribution in [2.24, 2.45) is 5.92 Å². The predicted octanol–water partition coefficient (Wildman–Crippen LogP) is 4.58. The van der Waals surface area contributed by atoms with Crippen molar-refractivity contribution in [1.82, 2.24) is 24.5 Å². The highest BCUT2D eigenvalue weighted by molar-refractivity contribution is 5.75. The standard InChI is InChI=1S/C21H21N5/c1-15(2)19(17-10-6-7-11-22-17)26-14-25-18(16-8-4-3-5-9-16)20(26)21-23-12-13-24-21/h3-15,19H,1-2H3,(H,23,24)/t19-/m0/s1. The summed E-state index contributed by atoms with van der Waals surface area (Å²) in [6, 6.07) is 16.3. The molecule has 0 aliphatic heterocycles. The van der Waals surface area contributed by atoms with Gasteiger partial charge in [-0.2, -0.15) is 0 Å². The molecule has 0 aliphatic carbocycles. The van der Waals surface area contributed by atoms with Gasteiger partial charge in [0.2, 0.25) is 0 Å². The zero-order valence-electron chi connectivity index (χ0n) is 14.9. The molecule has 5 nitrogen and oxygen atoms in total. The van der Waals surface area contributed by atoms with Gasteiger partial charge in [-0.05, 0) is 18.1 Å². The summed E-state index contributed by atoms with van der Waals surface area (Å²) in [6.07, 6.45) is 7.35. The van der Waals surface area contributed by atoms with Gasteiger partial charge in [0.1, 0.15) is 5.69 Å². The zero-order valence-corrected chi connectivity index (χ0v) is 14.9. The molecule has 1 aromatic carbocycles. The molecular formula is C21H21N5. The molecule has 0 radical (unpaired) electrons. The van der Waals surface area contributed by atoms with Crippen LogP contribution in [0.25, 0.3) is 22.8 Å². The first kappa shape index (κ1) is 16.3. The first-order chi connectivity index (χ1) is 12.8. The first-order valence-electron chi connectivity index (χ1n) is 8.78. The molecule has 1 N–H and O–H groups in total. The number of pyridine rings is 1. The summed E-state index contributed by atoms with van der Waals surface area (Å²) in [5.74, 6) is 1.15. The molecule has 0 amide bonds. The van der Waals surface area contributed by atoms with E-state index in [1.807, 2.05) is 49.1 Å². The summed E-state index contributed by atoms with van der Waals surface area (Å²) in [6.45, 7) is 4.40. The summed E-state index contributed by atoms with van der Waals surface area (Å²) >= 11 is 0. The molecule has 0 spiro atoms. The van der Waals surface area contributed by atoms with Crippen molar-refractivity contribution in [1.29, 1.82) is 0 Å². The van der Waals surface area contributed by atoms with Crippen LogP contribution in [0.3, 0.4) is 0 Å². The highest BCUT2D eigenvalue weighted by Gasteiger charge is 2.26. The number of hydrogen-bond acceptors (Lipinski definition) is 3. The molecule has 0 aliphatic rings. The van der Waals surface area contributed by atoms with E-state index in [0.29, 0.717) is 5.92 Å². The van der Waals surface area contributed by atoms with Crippen molar-refractivity contribution in [3.8, 4) is 22.8 Å². The number of aromatic nitrogens is 5. The number of benzene rings is 1. The molecule has 26 heavy (non-hydrogen) atoms. The third kappa shape index (κ3) is 2.92. The van der Waals surface area contributed by atoms with Gasteiger partial charge in [0.15, 0.2) is 5.82 Å². The second-order valence-electron chi connectivity index (χ2n) is 6.60. The average molecular weight is 343 g/mol. The van der Waals surface area contributed by atoms with Crippen LogP contribution >= 0.6 is 0 Å². The SMILES string of the molecule is CC(C)[C@@H](c1ccccn1)n1cnc(-c2ccccc2)c1-c1ncc[nH]1. The van der Waals surface area contributed by atoms with E-state index in [-0.39, 0.29) is 6.04 Å². The van der Waals surface area contributed by atoms with E-state index >= 15 is 0 Å². The van der Waals surface area contributed by atoms with Crippen LogP contribution in [0.1, 0.15) is 25.6 Å². The smallest absolute Gasteiger partial charge is 0.156 e. The largest absolute Gasteiger partial charge is 0.343 e. The molecule has 0 unspecified atom stereocenters. The normalized spacial score (nSPS) is 12.4. The lowest BCUT2D eigenvalue weighted by atomic mass is 9.99. The van der Waals surface area contributed by atoms with Crippen LogP contribution in [0.15, 0.2) is 73.4 Å².